The van der Waals surface area contributed by atoms with Gasteiger partial charge in [0.25, 0.3) is 0 Å². The van der Waals surface area contributed by atoms with Crippen LogP contribution in [0.4, 0.5) is 0 Å². The Labute approximate surface area is 184 Å². The zero-order chi connectivity index (χ0) is 21.2. The zero-order valence-corrected chi connectivity index (χ0v) is 21.4. The molecule has 1 aliphatic carbocycles. The van der Waals surface area contributed by atoms with E-state index in [0.717, 1.165) is 41.9 Å². The maximum atomic E-state index is 6.74. The molecule has 0 amide bonds. The van der Waals surface area contributed by atoms with Gasteiger partial charge in [0.2, 0.25) is 0 Å². The third kappa shape index (κ3) is 3.40. The molecule has 2 aliphatic heterocycles. The van der Waals surface area contributed by atoms with Crippen LogP contribution in [0.3, 0.4) is 0 Å². The summed E-state index contributed by atoms with van der Waals surface area (Å²) in [6.07, 6.45) is 6.86. The first-order valence-corrected chi connectivity index (χ1v) is 14.3. The molecular formula is C23H34BrNO3Si. The summed E-state index contributed by atoms with van der Waals surface area (Å²) >= 11 is 3.81. The minimum absolute atomic E-state index is 0.0886. The fourth-order valence-electron chi connectivity index (χ4n) is 4.73. The molecule has 3 aliphatic rings. The van der Waals surface area contributed by atoms with Crippen LogP contribution in [-0.4, -0.2) is 46.1 Å². The van der Waals surface area contributed by atoms with Crippen LogP contribution in [0.1, 0.15) is 44.7 Å². The molecule has 0 unspecified atom stereocenters. The summed E-state index contributed by atoms with van der Waals surface area (Å²) in [5.41, 5.74) is 2.55. The highest BCUT2D eigenvalue weighted by atomic mass is 79.9. The SMILES string of the molecule is COc1cc(Br)c2c3c1O[C@H]1C[C@@H](O[Si](C)(C)C(C)(C)C)C=C[C@]31CCN(C)C2. The number of methoxy groups -OCH3 is 1. The van der Waals surface area contributed by atoms with Crippen LogP contribution in [-0.2, 0) is 16.4 Å². The van der Waals surface area contributed by atoms with E-state index in [2.05, 4.69) is 80.0 Å². The third-order valence-corrected chi connectivity index (χ3v) is 12.7. The van der Waals surface area contributed by atoms with Crippen LogP contribution >= 0.6 is 15.9 Å². The van der Waals surface area contributed by atoms with Crippen molar-refractivity contribution < 1.29 is 13.9 Å². The smallest absolute Gasteiger partial charge is 0.192 e. The molecule has 6 heteroatoms. The van der Waals surface area contributed by atoms with E-state index in [1.165, 1.54) is 11.1 Å². The minimum atomic E-state index is -1.84. The standard InChI is InChI=1S/C23H34BrNO3Si/c1-22(2,3)29(6,7)28-15-8-9-23-10-11-25(4)14-16-17(24)13-18(26-5)21(20(16)23)27-19(23)12-15/h8-9,13,15,19H,10-12,14H2,1-7H3/t15-,19-,23+/m0/s1. The van der Waals surface area contributed by atoms with Gasteiger partial charge < -0.3 is 18.8 Å². The van der Waals surface area contributed by atoms with Gasteiger partial charge in [0.05, 0.1) is 18.6 Å². The lowest BCUT2D eigenvalue weighted by Gasteiger charge is -2.42. The zero-order valence-electron chi connectivity index (χ0n) is 18.8. The Morgan fingerprint density at radius 2 is 2.03 bits per heavy atom. The van der Waals surface area contributed by atoms with Crippen molar-refractivity contribution in [1.29, 1.82) is 0 Å². The summed E-state index contributed by atoms with van der Waals surface area (Å²) in [6.45, 7) is 13.5. The van der Waals surface area contributed by atoms with E-state index in [1.807, 2.05) is 0 Å². The van der Waals surface area contributed by atoms with E-state index < -0.39 is 8.32 Å². The summed E-state index contributed by atoms with van der Waals surface area (Å²) in [5, 5.41) is 0.196. The fraction of sp³-hybridized carbons (Fsp3) is 0.652. The predicted molar refractivity (Wildman–Crippen MR) is 124 cm³/mol. The van der Waals surface area contributed by atoms with E-state index in [0.29, 0.717) is 0 Å². The van der Waals surface area contributed by atoms with Crippen molar-refractivity contribution in [3.8, 4) is 11.5 Å². The highest BCUT2D eigenvalue weighted by molar-refractivity contribution is 9.10. The molecule has 0 radical (unpaired) electrons. The van der Waals surface area contributed by atoms with Gasteiger partial charge in [-0.1, -0.05) is 48.9 Å². The number of ether oxygens (including phenoxy) is 2. The van der Waals surface area contributed by atoms with Crippen LogP contribution in [0.15, 0.2) is 22.7 Å². The summed E-state index contributed by atoms with van der Waals surface area (Å²) in [6, 6.07) is 2.06. The van der Waals surface area contributed by atoms with Gasteiger partial charge >= 0.3 is 0 Å². The van der Waals surface area contributed by atoms with E-state index in [4.69, 9.17) is 13.9 Å². The average Bonchev–Trinajstić information content (AvgIpc) is 2.87. The molecule has 0 aromatic heterocycles. The number of benzene rings is 1. The van der Waals surface area contributed by atoms with Crippen molar-refractivity contribution >= 4 is 24.2 Å². The first-order chi connectivity index (χ1) is 13.5. The van der Waals surface area contributed by atoms with Crippen LogP contribution in [0.25, 0.3) is 0 Å². The maximum absolute atomic E-state index is 6.74. The van der Waals surface area contributed by atoms with E-state index in [-0.39, 0.29) is 22.7 Å². The van der Waals surface area contributed by atoms with Crippen molar-refractivity contribution in [2.45, 2.75) is 75.9 Å². The van der Waals surface area contributed by atoms with Gasteiger partial charge in [0.15, 0.2) is 19.8 Å². The number of hydrogen-bond donors (Lipinski definition) is 0. The first-order valence-electron chi connectivity index (χ1n) is 10.6. The quantitative estimate of drug-likeness (QED) is 0.414. The molecular weight excluding hydrogens is 446 g/mol. The normalized spacial score (nSPS) is 29.1. The average molecular weight is 481 g/mol. The molecule has 1 spiro atoms. The van der Waals surface area contributed by atoms with Gasteiger partial charge in [-0.15, -0.1) is 0 Å². The molecule has 0 saturated carbocycles. The van der Waals surface area contributed by atoms with Crippen molar-refractivity contribution in [2.75, 3.05) is 20.7 Å². The number of nitrogens with zero attached hydrogens (tertiary/aromatic N) is 1. The fourth-order valence-corrected chi connectivity index (χ4v) is 6.54. The Hall–Kier alpha value is -0.823. The molecule has 0 saturated heterocycles. The first kappa shape index (κ1) is 21.4. The molecule has 160 valence electrons. The maximum Gasteiger partial charge on any atom is 0.192 e. The highest BCUT2D eigenvalue weighted by Crippen LogP contribution is 2.57. The summed E-state index contributed by atoms with van der Waals surface area (Å²) in [7, 11) is 2.09. The van der Waals surface area contributed by atoms with Crippen molar-refractivity contribution in [3.05, 3.63) is 33.8 Å². The van der Waals surface area contributed by atoms with Crippen LogP contribution < -0.4 is 9.47 Å². The molecule has 3 atom stereocenters. The van der Waals surface area contributed by atoms with Crippen LogP contribution in [0, 0.1) is 0 Å². The van der Waals surface area contributed by atoms with Gasteiger partial charge in [0, 0.05) is 23.0 Å². The van der Waals surface area contributed by atoms with E-state index >= 15 is 0 Å². The van der Waals surface area contributed by atoms with Crippen molar-refractivity contribution in [2.24, 2.45) is 0 Å². The monoisotopic (exact) mass is 479 g/mol. The summed E-state index contributed by atoms with van der Waals surface area (Å²) in [4.78, 5) is 2.41. The van der Waals surface area contributed by atoms with Crippen LogP contribution in [0.2, 0.25) is 18.1 Å². The topological polar surface area (TPSA) is 30.9 Å². The van der Waals surface area contributed by atoms with E-state index in [9.17, 15) is 0 Å². The Balaban J connectivity index is 1.76. The number of hydrogen-bond acceptors (Lipinski definition) is 4. The van der Waals surface area contributed by atoms with Crippen molar-refractivity contribution in [1.82, 2.24) is 4.90 Å². The summed E-state index contributed by atoms with van der Waals surface area (Å²) in [5.74, 6) is 1.76. The van der Waals surface area contributed by atoms with Gasteiger partial charge in [-0.25, -0.2) is 0 Å². The summed E-state index contributed by atoms with van der Waals surface area (Å²) < 4.78 is 20.2. The third-order valence-electron chi connectivity index (χ3n) is 7.46. The largest absolute Gasteiger partial charge is 0.493 e. The molecule has 0 N–H and O–H groups in total. The molecule has 1 aromatic rings. The second-order valence-electron chi connectivity index (χ2n) is 10.4. The van der Waals surface area contributed by atoms with Gasteiger partial charge in [-0.3, -0.25) is 0 Å². The van der Waals surface area contributed by atoms with Crippen LogP contribution in [0.5, 0.6) is 11.5 Å². The number of rotatable bonds is 3. The van der Waals surface area contributed by atoms with Gasteiger partial charge in [0.1, 0.15) is 6.10 Å². The number of halogens is 1. The second kappa shape index (κ2) is 7.11. The molecule has 4 rings (SSSR count). The lowest BCUT2D eigenvalue weighted by Crippen LogP contribution is -2.48. The predicted octanol–water partition coefficient (Wildman–Crippen LogP) is 5.64. The molecule has 0 fully saturated rings. The van der Waals surface area contributed by atoms with Gasteiger partial charge in [-0.05, 0) is 49.8 Å². The molecule has 0 bridgehead atoms. The van der Waals surface area contributed by atoms with E-state index in [1.54, 1.807) is 7.11 Å². The second-order valence-corrected chi connectivity index (χ2v) is 16.0. The van der Waals surface area contributed by atoms with Crippen molar-refractivity contribution in [3.63, 3.8) is 0 Å². The lowest BCUT2D eigenvalue weighted by atomic mass is 9.69. The van der Waals surface area contributed by atoms with Gasteiger partial charge in [-0.2, -0.15) is 0 Å². The highest BCUT2D eigenvalue weighted by Gasteiger charge is 2.54. The lowest BCUT2D eigenvalue weighted by molar-refractivity contribution is 0.0861. The minimum Gasteiger partial charge on any atom is -0.493 e. The Kier molecular flexibility index (Phi) is 5.25. The molecule has 1 aromatic carbocycles. The molecule has 2 heterocycles. The Morgan fingerprint density at radius 3 is 2.69 bits per heavy atom. The Bertz CT molecular complexity index is 848. The molecule has 29 heavy (non-hydrogen) atoms. The molecule has 4 nitrogen and oxygen atoms in total. The Morgan fingerprint density at radius 1 is 1.31 bits per heavy atom.